The Bertz CT molecular complexity index is 581. The summed E-state index contributed by atoms with van der Waals surface area (Å²) >= 11 is 0. The molecule has 0 bridgehead atoms. The van der Waals surface area contributed by atoms with Crippen molar-refractivity contribution in [2.75, 3.05) is 5.73 Å². The van der Waals surface area contributed by atoms with Crippen LogP contribution in [0.25, 0.3) is 11.3 Å². The molecule has 1 aromatic carbocycles. The Kier molecular flexibility index (Phi) is 2.25. The first kappa shape index (κ1) is 10.1. The zero-order valence-electron chi connectivity index (χ0n) is 8.56. The normalized spacial score (nSPS) is 10.0. The first-order valence-corrected chi connectivity index (χ1v) is 4.58. The van der Waals surface area contributed by atoms with Crippen LogP contribution in [-0.4, -0.2) is 10.3 Å². The van der Waals surface area contributed by atoms with E-state index < -0.39 is 0 Å². The summed E-state index contributed by atoms with van der Waals surface area (Å²) in [6.07, 6.45) is 0. The molecule has 5 nitrogen and oxygen atoms in total. The number of nitrogens with two attached hydrogens (primary N) is 1. The maximum Gasteiger partial charge on any atom is 0.222 e. The first-order valence-electron chi connectivity index (χ1n) is 4.58. The number of phenols is 1. The van der Waals surface area contributed by atoms with Crippen molar-refractivity contribution in [2.24, 2.45) is 0 Å². The molecule has 0 atom stereocenters. The predicted octanol–water partition coefficient (Wildman–Crippen LogP) is 1.81. The van der Waals surface area contributed by atoms with Crippen LogP contribution in [0, 0.1) is 18.3 Å². The van der Waals surface area contributed by atoms with E-state index in [-0.39, 0.29) is 17.2 Å². The molecule has 1 heterocycles. The van der Waals surface area contributed by atoms with Crippen LogP contribution in [0.2, 0.25) is 0 Å². The van der Waals surface area contributed by atoms with Crippen LogP contribution in [0.3, 0.4) is 0 Å². The van der Waals surface area contributed by atoms with Gasteiger partial charge >= 0.3 is 0 Å². The minimum atomic E-state index is -0.0114. The average Bonchev–Trinajstić information content (AvgIpc) is 2.69. The average molecular weight is 215 g/mol. The summed E-state index contributed by atoms with van der Waals surface area (Å²) in [5, 5.41) is 22.2. The number of nitriles is 1. The van der Waals surface area contributed by atoms with E-state index in [1.807, 2.05) is 6.07 Å². The first-order chi connectivity index (χ1) is 7.61. The molecule has 2 aromatic rings. The summed E-state index contributed by atoms with van der Waals surface area (Å²) in [7, 11) is 0. The lowest BCUT2D eigenvalue weighted by molar-refractivity contribution is 0.439. The summed E-state index contributed by atoms with van der Waals surface area (Å²) in [5.74, 6) is 0.196. The van der Waals surface area contributed by atoms with Gasteiger partial charge in [-0.1, -0.05) is 5.16 Å². The Balaban J connectivity index is 2.60. The van der Waals surface area contributed by atoms with E-state index in [1.54, 1.807) is 25.1 Å². The van der Waals surface area contributed by atoms with Crippen molar-refractivity contribution in [2.45, 2.75) is 6.92 Å². The van der Waals surface area contributed by atoms with E-state index >= 15 is 0 Å². The van der Waals surface area contributed by atoms with Crippen molar-refractivity contribution in [1.82, 2.24) is 5.16 Å². The smallest absolute Gasteiger partial charge is 0.222 e. The molecular formula is C11H9N3O2. The molecule has 16 heavy (non-hydrogen) atoms. The van der Waals surface area contributed by atoms with Gasteiger partial charge in [-0.25, -0.2) is 0 Å². The Morgan fingerprint density at radius 2 is 2.19 bits per heavy atom. The second kappa shape index (κ2) is 3.59. The Hall–Kier alpha value is -2.48. The molecule has 2 rings (SSSR count). The molecule has 5 heteroatoms. The van der Waals surface area contributed by atoms with Gasteiger partial charge in [-0.3, -0.25) is 0 Å². The number of rotatable bonds is 1. The molecule has 3 N–H and O–H groups in total. The second-order valence-corrected chi connectivity index (χ2v) is 3.42. The van der Waals surface area contributed by atoms with Crippen molar-refractivity contribution < 1.29 is 9.63 Å². The number of aryl methyl sites for hydroxylation is 1. The van der Waals surface area contributed by atoms with Crippen LogP contribution in [0.15, 0.2) is 22.7 Å². The topological polar surface area (TPSA) is 96.1 Å². The summed E-state index contributed by atoms with van der Waals surface area (Å²) < 4.78 is 4.74. The minimum absolute atomic E-state index is 0.0114. The van der Waals surface area contributed by atoms with Crippen molar-refractivity contribution >= 4 is 5.88 Å². The number of benzene rings is 1. The lowest BCUT2D eigenvalue weighted by Gasteiger charge is -2.03. The highest BCUT2D eigenvalue weighted by Crippen LogP contribution is 2.29. The Labute approximate surface area is 91.7 Å². The van der Waals surface area contributed by atoms with Gasteiger partial charge in [-0.05, 0) is 24.6 Å². The molecule has 0 unspecified atom stereocenters. The largest absolute Gasteiger partial charge is 0.506 e. The van der Waals surface area contributed by atoms with Gasteiger partial charge in [0.15, 0.2) is 0 Å². The van der Waals surface area contributed by atoms with Crippen molar-refractivity contribution in [3.8, 4) is 23.1 Å². The van der Waals surface area contributed by atoms with Gasteiger partial charge in [0.05, 0.1) is 5.56 Å². The minimum Gasteiger partial charge on any atom is -0.506 e. The maximum absolute atomic E-state index is 9.58. The molecule has 1 aromatic heterocycles. The fourth-order valence-electron chi connectivity index (χ4n) is 1.44. The van der Waals surface area contributed by atoms with Gasteiger partial charge in [0.1, 0.15) is 17.5 Å². The van der Waals surface area contributed by atoms with Crippen LogP contribution in [0.5, 0.6) is 5.75 Å². The van der Waals surface area contributed by atoms with Crippen molar-refractivity contribution in [3.05, 3.63) is 29.3 Å². The third-order valence-corrected chi connectivity index (χ3v) is 2.25. The molecule has 0 radical (unpaired) electrons. The third-order valence-electron chi connectivity index (χ3n) is 2.25. The second-order valence-electron chi connectivity index (χ2n) is 3.42. The summed E-state index contributed by atoms with van der Waals surface area (Å²) in [4.78, 5) is 0. The molecule has 0 aliphatic rings. The number of phenolic OH excluding ortho intramolecular Hbond substituents is 1. The standard InChI is InChI=1S/C11H9N3O2/c1-6-2-7(3-8(5-12)11(6)15)9-4-10(13)16-14-9/h2-4,15H,13H2,1H3. The number of aromatic nitrogens is 1. The Morgan fingerprint density at radius 3 is 2.75 bits per heavy atom. The predicted molar refractivity (Wildman–Crippen MR) is 57.5 cm³/mol. The monoisotopic (exact) mass is 215 g/mol. The summed E-state index contributed by atoms with van der Waals surface area (Å²) in [6.45, 7) is 1.71. The van der Waals surface area contributed by atoms with Gasteiger partial charge in [-0.15, -0.1) is 0 Å². The molecule has 0 aliphatic carbocycles. The summed E-state index contributed by atoms with van der Waals surface area (Å²) in [6, 6.07) is 6.73. The summed E-state index contributed by atoms with van der Waals surface area (Å²) in [5.41, 5.74) is 7.45. The van der Waals surface area contributed by atoms with Crippen LogP contribution in [0.1, 0.15) is 11.1 Å². The van der Waals surface area contributed by atoms with E-state index in [4.69, 9.17) is 15.5 Å². The lowest BCUT2D eigenvalue weighted by atomic mass is 10.0. The highest BCUT2D eigenvalue weighted by Gasteiger charge is 2.10. The van der Waals surface area contributed by atoms with E-state index in [0.717, 1.165) is 0 Å². The van der Waals surface area contributed by atoms with E-state index in [9.17, 15) is 5.11 Å². The zero-order valence-corrected chi connectivity index (χ0v) is 8.56. The highest BCUT2D eigenvalue weighted by molar-refractivity contribution is 5.67. The van der Waals surface area contributed by atoms with E-state index in [0.29, 0.717) is 16.8 Å². The number of hydrogen-bond acceptors (Lipinski definition) is 5. The SMILES string of the molecule is Cc1cc(-c2cc(N)on2)cc(C#N)c1O. The molecule has 0 fully saturated rings. The van der Waals surface area contributed by atoms with Gasteiger partial charge in [0.2, 0.25) is 5.88 Å². The maximum atomic E-state index is 9.58. The van der Waals surface area contributed by atoms with E-state index in [2.05, 4.69) is 5.16 Å². The van der Waals surface area contributed by atoms with Crippen LogP contribution >= 0.6 is 0 Å². The van der Waals surface area contributed by atoms with Crippen LogP contribution in [0.4, 0.5) is 5.88 Å². The van der Waals surface area contributed by atoms with Crippen molar-refractivity contribution in [3.63, 3.8) is 0 Å². The molecule has 0 amide bonds. The number of nitrogens with zero attached hydrogens (tertiary/aromatic N) is 2. The highest BCUT2D eigenvalue weighted by atomic mass is 16.5. The van der Waals surface area contributed by atoms with Gasteiger partial charge in [0, 0.05) is 11.6 Å². The zero-order chi connectivity index (χ0) is 11.7. The molecule has 0 spiro atoms. The third kappa shape index (κ3) is 1.57. The van der Waals surface area contributed by atoms with Gasteiger partial charge in [-0.2, -0.15) is 5.26 Å². The molecule has 0 saturated carbocycles. The fraction of sp³-hybridized carbons (Fsp3) is 0.0909. The van der Waals surface area contributed by atoms with Crippen LogP contribution < -0.4 is 5.73 Å². The van der Waals surface area contributed by atoms with Gasteiger partial charge in [0.25, 0.3) is 0 Å². The Morgan fingerprint density at radius 1 is 1.44 bits per heavy atom. The number of nitrogen functional groups attached to an aromatic ring is 1. The fourth-order valence-corrected chi connectivity index (χ4v) is 1.44. The lowest BCUT2D eigenvalue weighted by Crippen LogP contribution is -1.85. The van der Waals surface area contributed by atoms with Crippen LogP contribution in [-0.2, 0) is 0 Å². The molecular weight excluding hydrogens is 206 g/mol. The number of aromatic hydroxyl groups is 1. The van der Waals surface area contributed by atoms with Crippen molar-refractivity contribution in [1.29, 1.82) is 5.26 Å². The quantitative estimate of drug-likeness (QED) is 0.756. The number of anilines is 1. The molecule has 0 saturated heterocycles. The molecule has 0 aliphatic heterocycles. The van der Waals surface area contributed by atoms with Gasteiger partial charge < -0.3 is 15.4 Å². The van der Waals surface area contributed by atoms with E-state index in [1.165, 1.54) is 0 Å². The number of hydrogen-bond donors (Lipinski definition) is 2. The molecule has 80 valence electrons.